The number of hydrogen-bond acceptors (Lipinski definition) is 3. The van der Waals surface area contributed by atoms with Crippen molar-refractivity contribution >= 4 is 51.7 Å². The molecule has 42 heavy (non-hydrogen) atoms. The highest BCUT2D eigenvalue weighted by molar-refractivity contribution is 14.0. The molecule has 0 fully saturated rings. The molecule has 4 nitrogen and oxygen atoms in total. The molecule has 0 unspecified atom stereocenters. The first-order chi connectivity index (χ1) is 20.3. The van der Waals surface area contributed by atoms with Gasteiger partial charge in [-0.2, -0.15) is 0 Å². The van der Waals surface area contributed by atoms with E-state index in [0.29, 0.717) is 0 Å². The van der Waals surface area contributed by atoms with Crippen molar-refractivity contribution in [3.8, 4) is 39.5 Å². The predicted molar refractivity (Wildman–Crippen MR) is 184 cm³/mol. The Morgan fingerprint density at radius 3 is 2.24 bits per heavy atom. The van der Waals surface area contributed by atoms with Crippen LogP contribution in [0, 0.1) is 0 Å². The summed E-state index contributed by atoms with van der Waals surface area (Å²) in [5.41, 5.74) is 10.9. The monoisotopic (exact) mass is 654 g/mol. The number of rotatable bonds is 4. The van der Waals surface area contributed by atoms with Gasteiger partial charge >= 0.3 is 0 Å². The highest BCUT2D eigenvalue weighted by atomic mass is 127. The first-order valence-electron chi connectivity index (χ1n) is 13.9. The lowest BCUT2D eigenvalue weighted by Gasteiger charge is -2.14. The van der Waals surface area contributed by atoms with Crippen LogP contribution in [0.15, 0.2) is 134 Å². The number of benzene rings is 4. The van der Waals surface area contributed by atoms with Gasteiger partial charge in [-0.15, -0.1) is 24.0 Å². The molecule has 4 heterocycles. The van der Waals surface area contributed by atoms with E-state index in [0.717, 1.165) is 46.0 Å². The molecule has 0 spiro atoms. The molecular formula is C37H27IN4. The Bertz CT molecular complexity index is 2090. The molecular weight excluding hydrogens is 627 g/mol. The van der Waals surface area contributed by atoms with Crippen molar-refractivity contribution in [2.24, 2.45) is 0 Å². The summed E-state index contributed by atoms with van der Waals surface area (Å²) in [6.07, 6.45) is 6.03. The average molecular weight is 655 g/mol. The van der Waals surface area contributed by atoms with Gasteiger partial charge in [-0.1, -0.05) is 72.8 Å². The zero-order chi connectivity index (χ0) is 27.2. The topological polar surface area (TPSA) is 42.7 Å². The number of halogens is 1. The Kier molecular flexibility index (Phi) is 6.80. The number of para-hydroxylation sites is 1. The molecule has 202 valence electrons. The van der Waals surface area contributed by atoms with Gasteiger partial charge < -0.3 is 9.88 Å². The Hall–Kier alpha value is -4.75. The van der Waals surface area contributed by atoms with Gasteiger partial charge in [0.2, 0.25) is 0 Å². The number of nitrogens with zero attached hydrogens (tertiary/aromatic N) is 3. The highest BCUT2D eigenvalue weighted by Crippen LogP contribution is 2.34. The second kappa shape index (κ2) is 10.9. The van der Waals surface area contributed by atoms with Crippen LogP contribution in [0.5, 0.6) is 0 Å². The molecule has 0 amide bonds. The van der Waals surface area contributed by atoms with E-state index in [9.17, 15) is 0 Å². The number of aromatic nitrogens is 3. The average Bonchev–Trinajstić information content (AvgIpc) is 3.39. The van der Waals surface area contributed by atoms with Crippen molar-refractivity contribution in [2.45, 2.75) is 6.54 Å². The highest BCUT2D eigenvalue weighted by Gasteiger charge is 2.18. The van der Waals surface area contributed by atoms with Crippen molar-refractivity contribution in [2.75, 3.05) is 0 Å². The van der Waals surface area contributed by atoms with Crippen LogP contribution in [0.4, 0.5) is 0 Å². The zero-order valence-corrected chi connectivity index (χ0v) is 25.1. The van der Waals surface area contributed by atoms with Gasteiger partial charge in [-0.05, 0) is 82.7 Å². The molecule has 1 aliphatic rings. The minimum atomic E-state index is 0. The number of fused-ring (bicyclic) bond motifs is 4. The summed E-state index contributed by atoms with van der Waals surface area (Å²) in [7, 11) is 0. The van der Waals surface area contributed by atoms with Crippen molar-refractivity contribution in [3.05, 3.63) is 145 Å². The normalized spacial score (nSPS) is 12.1. The van der Waals surface area contributed by atoms with E-state index in [1.165, 1.54) is 32.9 Å². The smallest absolute Gasteiger partial charge is 0.0899 e. The quantitative estimate of drug-likeness (QED) is 0.193. The molecule has 1 N–H and O–H groups in total. The summed E-state index contributed by atoms with van der Waals surface area (Å²) in [5.74, 6) is 0. The second-order valence-corrected chi connectivity index (χ2v) is 10.4. The summed E-state index contributed by atoms with van der Waals surface area (Å²) in [6.45, 7) is 0.836. The molecule has 0 bridgehead atoms. The lowest BCUT2D eigenvalue weighted by atomic mass is 9.99. The fraction of sp³-hybridized carbons (Fsp3) is 0.0270. The summed E-state index contributed by atoms with van der Waals surface area (Å²) in [5, 5.41) is 7.08. The third-order valence-corrected chi connectivity index (χ3v) is 7.91. The van der Waals surface area contributed by atoms with Crippen LogP contribution in [0.3, 0.4) is 0 Å². The van der Waals surface area contributed by atoms with Gasteiger partial charge in [-0.3, -0.25) is 4.98 Å². The third-order valence-electron chi connectivity index (χ3n) is 7.91. The Labute approximate surface area is 261 Å². The molecule has 0 atom stereocenters. The number of nitrogens with one attached hydrogen (secondary N) is 1. The van der Waals surface area contributed by atoms with E-state index in [2.05, 4.69) is 124 Å². The molecule has 7 aromatic rings. The van der Waals surface area contributed by atoms with Crippen molar-refractivity contribution < 1.29 is 0 Å². The minimum Gasteiger partial charge on any atom is -0.387 e. The van der Waals surface area contributed by atoms with Gasteiger partial charge in [-0.25, -0.2) is 4.98 Å². The van der Waals surface area contributed by atoms with E-state index in [4.69, 9.17) is 4.98 Å². The lowest BCUT2D eigenvalue weighted by molar-refractivity contribution is 0.855. The molecule has 0 saturated carbocycles. The summed E-state index contributed by atoms with van der Waals surface area (Å²) in [4.78, 5) is 9.68. The molecule has 5 heteroatoms. The SMILES string of the molecule is C1=Cc2c(c3ccccc3n2-c2ccc(-c3cc(-c4ccc5ccccc5c4)nc(-c4ccccn4)c3)cc2)CN1.I. The van der Waals surface area contributed by atoms with E-state index >= 15 is 0 Å². The second-order valence-electron chi connectivity index (χ2n) is 10.4. The van der Waals surface area contributed by atoms with Crippen LogP contribution >= 0.6 is 24.0 Å². The fourth-order valence-corrected chi connectivity index (χ4v) is 5.91. The third kappa shape index (κ3) is 4.56. The first kappa shape index (κ1) is 26.2. The van der Waals surface area contributed by atoms with Crippen LogP contribution in [0.25, 0.3) is 67.2 Å². The van der Waals surface area contributed by atoms with Gasteiger partial charge in [0.05, 0.1) is 28.3 Å². The number of pyridine rings is 2. The van der Waals surface area contributed by atoms with Crippen LogP contribution in [0.1, 0.15) is 11.3 Å². The lowest BCUT2D eigenvalue weighted by Crippen LogP contribution is -2.10. The first-order valence-corrected chi connectivity index (χ1v) is 13.9. The van der Waals surface area contributed by atoms with Crippen LogP contribution < -0.4 is 5.32 Å². The van der Waals surface area contributed by atoms with Crippen LogP contribution in [-0.2, 0) is 6.54 Å². The Balaban J connectivity index is 0.00000288. The van der Waals surface area contributed by atoms with Gasteiger partial charge in [0.25, 0.3) is 0 Å². The van der Waals surface area contributed by atoms with E-state index < -0.39 is 0 Å². The predicted octanol–water partition coefficient (Wildman–Crippen LogP) is 9.27. The van der Waals surface area contributed by atoms with Gasteiger partial charge in [0.15, 0.2) is 0 Å². The van der Waals surface area contributed by atoms with E-state index in [1.807, 2.05) is 30.6 Å². The Morgan fingerprint density at radius 2 is 1.38 bits per heavy atom. The maximum absolute atomic E-state index is 5.07. The van der Waals surface area contributed by atoms with Crippen LogP contribution in [0.2, 0.25) is 0 Å². The van der Waals surface area contributed by atoms with E-state index in [1.54, 1.807) is 0 Å². The molecule has 0 radical (unpaired) electrons. The molecule has 4 aromatic carbocycles. The standard InChI is InChI=1S/C37H26N4.HI/c1-2-8-27-21-28(13-12-25(27)7-1)34-22-29(23-35(40-34)33-10-5-6-19-39-33)26-14-16-30(17-15-26)41-36-11-4-3-9-31(36)32-24-38-20-18-37(32)41;/h1-23,38H,24H2;1H. The molecule has 0 saturated heterocycles. The Morgan fingerprint density at radius 1 is 0.619 bits per heavy atom. The van der Waals surface area contributed by atoms with Crippen molar-refractivity contribution in [3.63, 3.8) is 0 Å². The number of hydrogen-bond donors (Lipinski definition) is 1. The summed E-state index contributed by atoms with van der Waals surface area (Å²) < 4.78 is 2.36. The van der Waals surface area contributed by atoms with E-state index in [-0.39, 0.29) is 24.0 Å². The maximum Gasteiger partial charge on any atom is 0.0899 e. The largest absolute Gasteiger partial charge is 0.387 e. The molecule has 1 aliphatic heterocycles. The fourth-order valence-electron chi connectivity index (χ4n) is 5.91. The van der Waals surface area contributed by atoms with Crippen LogP contribution in [-0.4, -0.2) is 14.5 Å². The maximum atomic E-state index is 5.07. The molecule has 8 rings (SSSR count). The summed E-state index contributed by atoms with van der Waals surface area (Å²) >= 11 is 0. The van der Waals surface area contributed by atoms with Gasteiger partial charge in [0.1, 0.15) is 0 Å². The minimum absolute atomic E-state index is 0. The molecule has 0 aliphatic carbocycles. The van der Waals surface area contributed by atoms with Crippen molar-refractivity contribution in [1.82, 2.24) is 19.9 Å². The van der Waals surface area contributed by atoms with Crippen molar-refractivity contribution in [1.29, 1.82) is 0 Å². The molecule has 3 aromatic heterocycles. The summed E-state index contributed by atoms with van der Waals surface area (Å²) in [6, 6.07) is 42.8. The van der Waals surface area contributed by atoms with Gasteiger partial charge in [0, 0.05) is 34.9 Å². The zero-order valence-electron chi connectivity index (χ0n) is 22.7.